The largest absolute Gasteiger partial charge is 0.401 e. The van der Waals surface area contributed by atoms with Crippen LogP contribution in [0.15, 0.2) is 0 Å². The van der Waals surface area contributed by atoms with Gasteiger partial charge in [-0.25, -0.2) is 0 Å². The van der Waals surface area contributed by atoms with Crippen LogP contribution < -0.4 is 5.32 Å². The zero-order valence-corrected chi connectivity index (χ0v) is 10.6. The molecule has 2 atom stereocenters. The van der Waals surface area contributed by atoms with Gasteiger partial charge in [-0.1, -0.05) is 13.8 Å². The topological polar surface area (TPSA) is 15.3 Å². The van der Waals surface area contributed by atoms with Gasteiger partial charge in [-0.05, 0) is 33.4 Å². The summed E-state index contributed by atoms with van der Waals surface area (Å²) in [4.78, 5) is 1.47. The Labute approximate surface area is 96.2 Å². The number of nitrogens with one attached hydrogen (secondary N) is 1. The molecule has 0 heterocycles. The number of hydrogen-bond acceptors (Lipinski definition) is 2. The summed E-state index contributed by atoms with van der Waals surface area (Å²) in [5, 5.41) is 3.21. The molecule has 16 heavy (non-hydrogen) atoms. The maximum absolute atomic E-state index is 12.3. The molecule has 2 unspecified atom stereocenters. The van der Waals surface area contributed by atoms with E-state index in [2.05, 4.69) is 5.32 Å². The molecule has 98 valence electrons. The van der Waals surface area contributed by atoms with E-state index >= 15 is 0 Å². The minimum absolute atomic E-state index is 0.0549. The van der Waals surface area contributed by atoms with E-state index in [1.54, 1.807) is 6.92 Å². The molecule has 0 amide bonds. The van der Waals surface area contributed by atoms with Gasteiger partial charge in [-0.15, -0.1) is 0 Å². The second-order valence-electron chi connectivity index (χ2n) is 4.22. The second kappa shape index (κ2) is 7.12. The average molecular weight is 240 g/mol. The lowest BCUT2D eigenvalue weighted by Gasteiger charge is -2.30. The van der Waals surface area contributed by atoms with E-state index in [9.17, 15) is 13.2 Å². The predicted octanol–water partition coefficient (Wildman–Crippen LogP) is 2.65. The van der Waals surface area contributed by atoms with Crippen LogP contribution in [0.2, 0.25) is 0 Å². The molecule has 0 rings (SSSR count). The van der Waals surface area contributed by atoms with Gasteiger partial charge in [0.1, 0.15) is 0 Å². The van der Waals surface area contributed by atoms with Crippen LogP contribution in [0.5, 0.6) is 0 Å². The third kappa shape index (κ3) is 7.06. The van der Waals surface area contributed by atoms with Crippen molar-refractivity contribution in [2.45, 2.75) is 52.4 Å². The average Bonchev–Trinajstić information content (AvgIpc) is 2.12. The van der Waals surface area contributed by atoms with Crippen LogP contribution in [0, 0.1) is 0 Å². The molecule has 0 spiro atoms. The molecular formula is C11H23F3N2. The number of halogens is 3. The molecule has 0 saturated carbocycles. The molecule has 0 fully saturated rings. The van der Waals surface area contributed by atoms with E-state index in [1.165, 1.54) is 4.90 Å². The van der Waals surface area contributed by atoms with E-state index < -0.39 is 12.7 Å². The first-order chi connectivity index (χ1) is 7.30. The molecule has 0 aromatic carbocycles. The summed E-state index contributed by atoms with van der Waals surface area (Å²) in [6.45, 7) is 8.07. The van der Waals surface area contributed by atoms with Crippen LogP contribution in [0.25, 0.3) is 0 Å². The fourth-order valence-electron chi connectivity index (χ4n) is 1.90. The van der Waals surface area contributed by atoms with Crippen molar-refractivity contribution in [2.75, 3.05) is 19.6 Å². The first-order valence-electron chi connectivity index (χ1n) is 5.84. The molecule has 0 aromatic heterocycles. The summed E-state index contributed by atoms with van der Waals surface area (Å²) in [5.74, 6) is 0. The van der Waals surface area contributed by atoms with Gasteiger partial charge in [0.2, 0.25) is 0 Å². The second-order valence-corrected chi connectivity index (χ2v) is 4.22. The molecule has 0 radical (unpaired) electrons. The van der Waals surface area contributed by atoms with Crippen molar-refractivity contribution in [1.29, 1.82) is 0 Å². The van der Waals surface area contributed by atoms with Gasteiger partial charge in [0.05, 0.1) is 6.54 Å². The first-order valence-corrected chi connectivity index (χ1v) is 5.84. The molecule has 0 aromatic rings. The molecule has 0 aliphatic carbocycles. The molecule has 1 N–H and O–H groups in total. The summed E-state index contributed by atoms with van der Waals surface area (Å²) < 4.78 is 36.8. The number of nitrogens with zero attached hydrogens (tertiary/aromatic N) is 1. The Balaban J connectivity index is 4.15. The molecule has 2 nitrogen and oxygen atoms in total. The lowest BCUT2D eigenvalue weighted by Crippen LogP contribution is -2.43. The Morgan fingerprint density at radius 1 is 1.19 bits per heavy atom. The molecule has 0 saturated heterocycles. The highest BCUT2D eigenvalue weighted by Gasteiger charge is 2.32. The van der Waals surface area contributed by atoms with Crippen LogP contribution in [0.4, 0.5) is 13.2 Å². The van der Waals surface area contributed by atoms with E-state index in [1.807, 2.05) is 20.8 Å². The zero-order valence-electron chi connectivity index (χ0n) is 10.6. The highest BCUT2D eigenvalue weighted by Crippen LogP contribution is 2.19. The van der Waals surface area contributed by atoms with Crippen molar-refractivity contribution in [1.82, 2.24) is 10.2 Å². The fraction of sp³-hybridized carbons (Fsp3) is 1.00. The van der Waals surface area contributed by atoms with Gasteiger partial charge in [0.15, 0.2) is 0 Å². The van der Waals surface area contributed by atoms with E-state index in [-0.39, 0.29) is 12.1 Å². The van der Waals surface area contributed by atoms with Gasteiger partial charge >= 0.3 is 6.18 Å². The Morgan fingerprint density at radius 2 is 1.75 bits per heavy atom. The van der Waals surface area contributed by atoms with Crippen molar-refractivity contribution in [2.24, 2.45) is 0 Å². The Bertz CT molecular complexity index is 183. The monoisotopic (exact) mass is 240 g/mol. The summed E-state index contributed by atoms with van der Waals surface area (Å²) in [7, 11) is 0. The standard InChI is InChI=1S/C11H23F3N2/c1-5-15-9(3)7-10(4)16(6-2)8-11(12,13)14/h9-10,15H,5-8H2,1-4H3. The minimum atomic E-state index is -4.11. The van der Waals surface area contributed by atoms with Crippen molar-refractivity contribution in [3.05, 3.63) is 0 Å². The zero-order chi connectivity index (χ0) is 12.8. The lowest BCUT2D eigenvalue weighted by atomic mass is 10.1. The summed E-state index contributed by atoms with van der Waals surface area (Å²) >= 11 is 0. The minimum Gasteiger partial charge on any atom is -0.314 e. The summed E-state index contributed by atoms with van der Waals surface area (Å²) in [5.41, 5.74) is 0. The van der Waals surface area contributed by atoms with E-state index in [4.69, 9.17) is 0 Å². The van der Waals surface area contributed by atoms with E-state index in [0.717, 1.165) is 13.0 Å². The van der Waals surface area contributed by atoms with Crippen LogP contribution in [0.3, 0.4) is 0 Å². The van der Waals surface area contributed by atoms with Crippen LogP contribution in [-0.4, -0.2) is 42.8 Å². The maximum Gasteiger partial charge on any atom is 0.401 e. The quantitative estimate of drug-likeness (QED) is 0.736. The summed E-state index contributed by atoms with van der Waals surface area (Å²) in [6.07, 6.45) is -3.37. The van der Waals surface area contributed by atoms with Crippen LogP contribution >= 0.6 is 0 Å². The number of alkyl halides is 3. The maximum atomic E-state index is 12.3. The Kier molecular flexibility index (Phi) is 6.99. The van der Waals surface area contributed by atoms with Crippen LogP contribution in [-0.2, 0) is 0 Å². The number of hydrogen-bond donors (Lipinski definition) is 1. The predicted molar refractivity (Wildman–Crippen MR) is 60.5 cm³/mol. The smallest absolute Gasteiger partial charge is 0.314 e. The van der Waals surface area contributed by atoms with Crippen LogP contribution in [0.1, 0.15) is 34.1 Å². The van der Waals surface area contributed by atoms with Crippen molar-refractivity contribution in [3.63, 3.8) is 0 Å². The molecule has 0 aliphatic rings. The SMILES string of the molecule is CCNC(C)CC(C)N(CC)CC(F)(F)F. The highest BCUT2D eigenvalue weighted by molar-refractivity contribution is 4.74. The molecule has 5 heteroatoms. The van der Waals surface area contributed by atoms with Gasteiger partial charge in [-0.2, -0.15) is 13.2 Å². The summed E-state index contributed by atoms with van der Waals surface area (Å²) in [6, 6.07) is 0.197. The molecule has 0 aliphatic heterocycles. The first kappa shape index (κ1) is 15.7. The Hall–Kier alpha value is -0.290. The van der Waals surface area contributed by atoms with Gasteiger partial charge in [0.25, 0.3) is 0 Å². The lowest BCUT2D eigenvalue weighted by molar-refractivity contribution is -0.150. The highest BCUT2D eigenvalue weighted by atomic mass is 19.4. The van der Waals surface area contributed by atoms with Crippen molar-refractivity contribution in [3.8, 4) is 0 Å². The number of rotatable bonds is 7. The van der Waals surface area contributed by atoms with Gasteiger partial charge in [0, 0.05) is 12.1 Å². The van der Waals surface area contributed by atoms with Gasteiger partial charge < -0.3 is 5.32 Å². The third-order valence-electron chi connectivity index (χ3n) is 2.66. The normalized spacial score (nSPS) is 16.5. The van der Waals surface area contributed by atoms with Crippen molar-refractivity contribution >= 4 is 0 Å². The molecule has 0 bridgehead atoms. The van der Waals surface area contributed by atoms with E-state index in [0.29, 0.717) is 6.54 Å². The third-order valence-corrected chi connectivity index (χ3v) is 2.66. The van der Waals surface area contributed by atoms with Crippen molar-refractivity contribution < 1.29 is 13.2 Å². The molecular weight excluding hydrogens is 217 g/mol. The van der Waals surface area contributed by atoms with Gasteiger partial charge in [-0.3, -0.25) is 4.90 Å². The Morgan fingerprint density at radius 3 is 2.12 bits per heavy atom. The fourth-order valence-corrected chi connectivity index (χ4v) is 1.90.